The summed E-state index contributed by atoms with van der Waals surface area (Å²) in [6.07, 6.45) is -0.0144. The van der Waals surface area contributed by atoms with Gasteiger partial charge in [0, 0.05) is 18.7 Å². The highest BCUT2D eigenvalue weighted by Crippen LogP contribution is 2.11. The average molecular weight is 328 g/mol. The fourth-order valence-electron chi connectivity index (χ4n) is 1.85. The van der Waals surface area contributed by atoms with Crippen LogP contribution in [0.5, 0.6) is 0 Å². The van der Waals surface area contributed by atoms with Crippen molar-refractivity contribution in [1.29, 1.82) is 0 Å². The van der Waals surface area contributed by atoms with E-state index in [9.17, 15) is 18.3 Å². The summed E-state index contributed by atoms with van der Waals surface area (Å²) in [5.41, 5.74) is 0.276. The number of aliphatic hydroxyl groups excluding tert-OH is 1. The molecule has 1 aromatic carbocycles. The summed E-state index contributed by atoms with van der Waals surface area (Å²) >= 11 is 0. The van der Waals surface area contributed by atoms with Gasteiger partial charge in [0.15, 0.2) is 0 Å². The van der Waals surface area contributed by atoms with Gasteiger partial charge in [-0.15, -0.1) is 0 Å². The lowest BCUT2D eigenvalue weighted by Gasteiger charge is -2.14. The number of hydrogen-bond acceptors (Lipinski definition) is 4. The van der Waals surface area contributed by atoms with Crippen LogP contribution < -0.4 is 10.0 Å². The molecule has 124 valence electrons. The molecule has 1 atom stereocenters. The molecule has 0 aliphatic carbocycles. The highest BCUT2D eigenvalue weighted by atomic mass is 32.2. The first-order chi connectivity index (χ1) is 10.3. The molecule has 0 spiro atoms. The van der Waals surface area contributed by atoms with Crippen molar-refractivity contribution in [3.8, 4) is 0 Å². The lowest BCUT2D eigenvalue weighted by atomic mass is 10.0. The molecule has 0 saturated heterocycles. The highest BCUT2D eigenvalue weighted by Gasteiger charge is 2.15. The predicted octanol–water partition coefficient (Wildman–Crippen LogP) is 1.12. The topological polar surface area (TPSA) is 95.5 Å². The summed E-state index contributed by atoms with van der Waals surface area (Å²) in [4.78, 5) is 12.1. The van der Waals surface area contributed by atoms with Crippen molar-refractivity contribution in [2.45, 2.75) is 38.2 Å². The van der Waals surface area contributed by atoms with Gasteiger partial charge in [-0.3, -0.25) is 4.79 Å². The Bertz CT molecular complexity index is 599. The Morgan fingerprint density at radius 3 is 2.59 bits per heavy atom. The van der Waals surface area contributed by atoms with E-state index < -0.39 is 16.1 Å². The third-order valence-electron chi connectivity index (χ3n) is 3.24. The van der Waals surface area contributed by atoms with Crippen LogP contribution in [0.1, 0.15) is 37.6 Å². The largest absolute Gasteiger partial charge is 0.393 e. The van der Waals surface area contributed by atoms with Gasteiger partial charge in [0.1, 0.15) is 0 Å². The number of amides is 1. The highest BCUT2D eigenvalue weighted by molar-refractivity contribution is 7.89. The molecule has 1 amide bonds. The van der Waals surface area contributed by atoms with E-state index in [2.05, 4.69) is 10.0 Å². The molecule has 1 rings (SSSR count). The summed E-state index contributed by atoms with van der Waals surface area (Å²) in [7, 11) is -3.58. The minimum absolute atomic E-state index is 0.0595. The molecule has 22 heavy (non-hydrogen) atoms. The van der Waals surface area contributed by atoms with E-state index in [1.807, 2.05) is 13.8 Å². The number of nitrogens with one attached hydrogen (secondary N) is 2. The van der Waals surface area contributed by atoms with Gasteiger partial charge in [-0.05, 0) is 30.5 Å². The van der Waals surface area contributed by atoms with Crippen molar-refractivity contribution in [3.05, 3.63) is 29.8 Å². The monoisotopic (exact) mass is 328 g/mol. The van der Waals surface area contributed by atoms with Gasteiger partial charge in [-0.25, -0.2) is 13.1 Å². The van der Waals surface area contributed by atoms with Gasteiger partial charge in [0.05, 0.1) is 11.0 Å². The maximum absolute atomic E-state index is 12.0. The fraction of sp³-hybridized carbons (Fsp3) is 0.533. The van der Waals surface area contributed by atoms with Crippen LogP contribution in [0.2, 0.25) is 0 Å². The van der Waals surface area contributed by atoms with Crippen molar-refractivity contribution in [2.24, 2.45) is 5.92 Å². The third-order valence-corrected chi connectivity index (χ3v) is 4.78. The molecule has 1 aromatic rings. The van der Waals surface area contributed by atoms with Gasteiger partial charge in [0.2, 0.25) is 10.0 Å². The van der Waals surface area contributed by atoms with Gasteiger partial charge >= 0.3 is 0 Å². The van der Waals surface area contributed by atoms with Crippen molar-refractivity contribution in [1.82, 2.24) is 10.0 Å². The Hall–Kier alpha value is -1.44. The zero-order valence-electron chi connectivity index (χ0n) is 13.2. The minimum Gasteiger partial charge on any atom is -0.393 e. The zero-order chi connectivity index (χ0) is 16.8. The molecule has 0 saturated carbocycles. The number of carbonyl (C=O) groups excluding carboxylic acids is 1. The maximum Gasteiger partial charge on any atom is 0.251 e. The summed E-state index contributed by atoms with van der Waals surface area (Å²) < 4.78 is 26.2. The van der Waals surface area contributed by atoms with Gasteiger partial charge < -0.3 is 10.4 Å². The second-order valence-electron chi connectivity index (χ2n) is 5.39. The summed E-state index contributed by atoms with van der Waals surface area (Å²) in [5, 5.41) is 12.4. The molecule has 0 radical (unpaired) electrons. The molecule has 0 bridgehead atoms. The van der Waals surface area contributed by atoms with Crippen LogP contribution in [0, 0.1) is 5.92 Å². The van der Waals surface area contributed by atoms with Crippen LogP contribution in [-0.2, 0) is 10.0 Å². The lowest BCUT2D eigenvalue weighted by molar-refractivity contribution is 0.0920. The smallest absolute Gasteiger partial charge is 0.251 e. The zero-order valence-corrected chi connectivity index (χ0v) is 14.0. The van der Waals surface area contributed by atoms with Crippen molar-refractivity contribution in [2.75, 3.05) is 13.1 Å². The van der Waals surface area contributed by atoms with Crippen LogP contribution in [0.3, 0.4) is 0 Å². The summed E-state index contributed by atoms with van der Waals surface area (Å²) in [6, 6.07) is 5.87. The normalized spacial score (nSPS) is 13.1. The second kappa shape index (κ2) is 8.26. The van der Waals surface area contributed by atoms with Crippen LogP contribution >= 0.6 is 0 Å². The van der Waals surface area contributed by atoms with E-state index in [0.717, 1.165) is 0 Å². The Morgan fingerprint density at radius 1 is 1.32 bits per heavy atom. The predicted molar refractivity (Wildman–Crippen MR) is 85.1 cm³/mol. The first kappa shape index (κ1) is 18.6. The molecule has 1 unspecified atom stereocenters. The van der Waals surface area contributed by atoms with E-state index in [1.54, 1.807) is 13.0 Å². The van der Waals surface area contributed by atoms with Crippen molar-refractivity contribution in [3.63, 3.8) is 0 Å². The standard InChI is InChI=1S/C15H24N2O4S/c1-4-17-22(20,21)13-7-5-6-12(10-13)15(19)16-9-8-14(18)11(2)3/h5-7,10-11,14,17-18H,4,8-9H2,1-3H3,(H,16,19). The first-order valence-electron chi connectivity index (χ1n) is 7.34. The number of benzene rings is 1. The quantitative estimate of drug-likeness (QED) is 0.666. The molecule has 0 fully saturated rings. The van der Waals surface area contributed by atoms with E-state index >= 15 is 0 Å². The van der Waals surface area contributed by atoms with E-state index in [1.165, 1.54) is 18.2 Å². The molecule has 6 nitrogen and oxygen atoms in total. The van der Waals surface area contributed by atoms with E-state index in [4.69, 9.17) is 0 Å². The van der Waals surface area contributed by atoms with Crippen LogP contribution in [-0.4, -0.2) is 38.6 Å². The van der Waals surface area contributed by atoms with Gasteiger partial charge in [-0.1, -0.05) is 26.8 Å². The Kier molecular flexibility index (Phi) is 6.99. The molecule has 7 heteroatoms. The Morgan fingerprint density at radius 2 is 2.00 bits per heavy atom. The number of rotatable bonds is 8. The first-order valence-corrected chi connectivity index (χ1v) is 8.82. The van der Waals surface area contributed by atoms with Crippen LogP contribution in [0.15, 0.2) is 29.2 Å². The van der Waals surface area contributed by atoms with E-state index in [-0.39, 0.29) is 28.8 Å². The van der Waals surface area contributed by atoms with Gasteiger partial charge in [0.25, 0.3) is 5.91 Å². The fourth-order valence-corrected chi connectivity index (χ4v) is 2.93. The maximum atomic E-state index is 12.0. The SMILES string of the molecule is CCNS(=O)(=O)c1cccc(C(=O)NCCC(O)C(C)C)c1. The Labute approximate surface area is 132 Å². The van der Waals surface area contributed by atoms with Crippen LogP contribution in [0.25, 0.3) is 0 Å². The van der Waals surface area contributed by atoms with Crippen LogP contribution in [0.4, 0.5) is 0 Å². The third kappa shape index (κ3) is 5.40. The summed E-state index contributed by atoms with van der Waals surface area (Å²) in [6.45, 7) is 6.12. The number of carbonyl (C=O) groups is 1. The molecule has 0 heterocycles. The van der Waals surface area contributed by atoms with Crippen molar-refractivity contribution >= 4 is 15.9 Å². The Balaban J connectivity index is 2.71. The molecule has 0 aliphatic rings. The number of sulfonamides is 1. The molecule has 0 aromatic heterocycles. The molecule has 0 aliphatic heterocycles. The molecular weight excluding hydrogens is 304 g/mol. The van der Waals surface area contributed by atoms with E-state index in [0.29, 0.717) is 13.0 Å². The summed E-state index contributed by atoms with van der Waals surface area (Å²) in [5.74, 6) is -0.227. The second-order valence-corrected chi connectivity index (χ2v) is 7.15. The number of hydrogen-bond donors (Lipinski definition) is 3. The average Bonchev–Trinajstić information content (AvgIpc) is 2.47. The molecular formula is C15H24N2O4S. The molecule has 3 N–H and O–H groups in total. The number of aliphatic hydroxyl groups is 1. The minimum atomic E-state index is -3.58. The van der Waals surface area contributed by atoms with Gasteiger partial charge in [-0.2, -0.15) is 0 Å². The van der Waals surface area contributed by atoms with Crippen molar-refractivity contribution < 1.29 is 18.3 Å². The lowest BCUT2D eigenvalue weighted by Crippen LogP contribution is -2.29.